The molecule has 2 aromatic carbocycles. The van der Waals surface area contributed by atoms with Gasteiger partial charge in [0, 0.05) is 31.5 Å². The van der Waals surface area contributed by atoms with Crippen molar-refractivity contribution in [1.29, 1.82) is 0 Å². The zero-order valence-corrected chi connectivity index (χ0v) is 16.4. The molecule has 2 aromatic rings. The molecule has 2 fully saturated rings. The zero-order valence-electron chi connectivity index (χ0n) is 16.4. The van der Waals surface area contributed by atoms with E-state index < -0.39 is 0 Å². The molecule has 3 atom stereocenters. The Labute approximate surface area is 165 Å². The van der Waals surface area contributed by atoms with Crippen LogP contribution in [0.3, 0.4) is 0 Å². The van der Waals surface area contributed by atoms with E-state index in [0.717, 1.165) is 30.7 Å². The molecule has 2 saturated heterocycles. The van der Waals surface area contributed by atoms with Crippen molar-refractivity contribution in [2.75, 3.05) is 20.2 Å². The molecule has 2 amide bonds. The van der Waals surface area contributed by atoms with E-state index in [9.17, 15) is 9.59 Å². The Morgan fingerprint density at radius 2 is 1.71 bits per heavy atom. The number of carbonyl (C=O) groups excluding carboxylic acids is 2. The van der Waals surface area contributed by atoms with E-state index in [4.69, 9.17) is 4.74 Å². The molecule has 0 spiro atoms. The minimum atomic E-state index is 0.0207. The van der Waals surface area contributed by atoms with E-state index in [-0.39, 0.29) is 29.8 Å². The van der Waals surface area contributed by atoms with Crippen LogP contribution in [0.25, 0.3) is 0 Å². The fourth-order valence-electron chi connectivity index (χ4n) is 4.78. The van der Waals surface area contributed by atoms with Crippen molar-refractivity contribution in [1.82, 2.24) is 9.80 Å². The summed E-state index contributed by atoms with van der Waals surface area (Å²) in [6.07, 6.45) is 1.86. The second kappa shape index (κ2) is 7.66. The Balaban J connectivity index is 1.70. The maximum atomic E-state index is 13.3. The van der Waals surface area contributed by atoms with Gasteiger partial charge in [-0.2, -0.15) is 0 Å². The lowest BCUT2D eigenvalue weighted by atomic mass is 9.86. The number of likely N-dealkylation sites (tertiary alicyclic amines) is 2. The van der Waals surface area contributed by atoms with Crippen molar-refractivity contribution < 1.29 is 14.3 Å². The molecular weight excluding hydrogens is 352 g/mol. The highest BCUT2D eigenvalue weighted by molar-refractivity contribution is 5.95. The monoisotopic (exact) mass is 378 g/mol. The van der Waals surface area contributed by atoms with E-state index >= 15 is 0 Å². The Bertz CT molecular complexity index is 850. The lowest BCUT2D eigenvalue weighted by molar-refractivity contribution is -0.133. The Morgan fingerprint density at radius 1 is 1.00 bits per heavy atom. The van der Waals surface area contributed by atoms with Crippen LogP contribution >= 0.6 is 0 Å². The van der Waals surface area contributed by atoms with Gasteiger partial charge in [-0.25, -0.2) is 0 Å². The van der Waals surface area contributed by atoms with Crippen molar-refractivity contribution in [3.8, 4) is 5.75 Å². The fourth-order valence-corrected chi connectivity index (χ4v) is 4.78. The second-order valence-electron chi connectivity index (χ2n) is 7.62. The number of piperidine rings is 1. The molecule has 4 rings (SSSR count). The molecule has 0 aliphatic carbocycles. The number of hydrogen-bond acceptors (Lipinski definition) is 3. The summed E-state index contributed by atoms with van der Waals surface area (Å²) in [5, 5.41) is 0. The van der Waals surface area contributed by atoms with Gasteiger partial charge in [-0.15, -0.1) is 0 Å². The van der Waals surface area contributed by atoms with Crippen LogP contribution in [0.5, 0.6) is 5.75 Å². The SMILES string of the molecule is COc1ccc([C@H]2CN(C(=O)c3ccccc3)[C@@H]3CCCN(C(C)=O)[C@H]23)cc1. The first kappa shape index (κ1) is 18.5. The van der Waals surface area contributed by atoms with Crippen LogP contribution in [-0.2, 0) is 4.79 Å². The minimum absolute atomic E-state index is 0.0207. The molecule has 0 aromatic heterocycles. The molecule has 146 valence electrons. The van der Waals surface area contributed by atoms with Gasteiger partial charge in [-0.1, -0.05) is 30.3 Å². The molecule has 5 heteroatoms. The smallest absolute Gasteiger partial charge is 0.254 e. The number of fused-ring (bicyclic) bond motifs is 1. The Kier molecular flexibility index (Phi) is 5.07. The average molecular weight is 378 g/mol. The first-order valence-corrected chi connectivity index (χ1v) is 9.87. The third-order valence-corrected chi connectivity index (χ3v) is 6.09. The zero-order chi connectivity index (χ0) is 19.7. The second-order valence-corrected chi connectivity index (χ2v) is 7.62. The Hall–Kier alpha value is -2.82. The van der Waals surface area contributed by atoms with E-state index in [1.54, 1.807) is 14.0 Å². The predicted octanol–water partition coefficient (Wildman–Crippen LogP) is 3.31. The number of rotatable bonds is 3. The molecule has 0 bridgehead atoms. The van der Waals surface area contributed by atoms with Crippen molar-refractivity contribution >= 4 is 11.8 Å². The van der Waals surface area contributed by atoms with Gasteiger partial charge in [0.1, 0.15) is 5.75 Å². The largest absolute Gasteiger partial charge is 0.497 e. The Morgan fingerprint density at radius 3 is 2.36 bits per heavy atom. The van der Waals surface area contributed by atoms with E-state index in [0.29, 0.717) is 12.1 Å². The van der Waals surface area contributed by atoms with Crippen molar-refractivity contribution in [3.05, 3.63) is 65.7 Å². The molecule has 2 heterocycles. The molecule has 0 unspecified atom stereocenters. The third kappa shape index (κ3) is 3.26. The van der Waals surface area contributed by atoms with Crippen LogP contribution in [-0.4, -0.2) is 53.9 Å². The van der Waals surface area contributed by atoms with Crippen LogP contribution in [0.4, 0.5) is 0 Å². The number of benzene rings is 2. The van der Waals surface area contributed by atoms with Crippen LogP contribution in [0.1, 0.15) is 41.6 Å². The van der Waals surface area contributed by atoms with Crippen LogP contribution < -0.4 is 4.74 Å². The maximum Gasteiger partial charge on any atom is 0.254 e. The molecule has 5 nitrogen and oxygen atoms in total. The number of amides is 2. The first-order valence-electron chi connectivity index (χ1n) is 9.87. The van der Waals surface area contributed by atoms with E-state index in [2.05, 4.69) is 12.1 Å². The highest BCUT2D eigenvalue weighted by atomic mass is 16.5. The first-order chi connectivity index (χ1) is 13.6. The fraction of sp³-hybridized carbons (Fsp3) is 0.391. The van der Waals surface area contributed by atoms with Gasteiger partial charge in [-0.05, 0) is 42.7 Å². The summed E-state index contributed by atoms with van der Waals surface area (Å²) >= 11 is 0. The summed E-state index contributed by atoms with van der Waals surface area (Å²) in [7, 11) is 1.65. The highest BCUT2D eigenvalue weighted by Crippen LogP contribution is 2.41. The molecular formula is C23H26N2O3. The van der Waals surface area contributed by atoms with E-state index in [1.165, 1.54) is 0 Å². The summed E-state index contributed by atoms with van der Waals surface area (Å²) in [6, 6.07) is 17.5. The molecule has 28 heavy (non-hydrogen) atoms. The normalized spacial score (nSPS) is 24.0. The van der Waals surface area contributed by atoms with E-state index in [1.807, 2.05) is 52.3 Å². The van der Waals surface area contributed by atoms with Gasteiger partial charge in [0.05, 0.1) is 19.2 Å². The summed E-state index contributed by atoms with van der Waals surface area (Å²) < 4.78 is 5.29. The number of nitrogens with zero attached hydrogens (tertiary/aromatic N) is 2. The topological polar surface area (TPSA) is 49.9 Å². The molecule has 2 aliphatic heterocycles. The highest BCUT2D eigenvalue weighted by Gasteiger charge is 2.49. The number of carbonyl (C=O) groups is 2. The van der Waals surface area contributed by atoms with Crippen LogP contribution in [0.2, 0.25) is 0 Å². The van der Waals surface area contributed by atoms with Gasteiger partial charge in [0.2, 0.25) is 5.91 Å². The molecule has 0 N–H and O–H groups in total. The average Bonchev–Trinajstić information content (AvgIpc) is 3.13. The lowest BCUT2D eigenvalue weighted by Gasteiger charge is -2.41. The van der Waals surface area contributed by atoms with Gasteiger partial charge in [-0.3, -0.25) is 9.59 Å². The lowest BCUT2D eigenvalue weighted by Crippen LogP contribution is -2.53. The number of hydrogen-bond donors (Lipinski definition) is 0. The van der Waals surface area contributed by atoms with Crippen molar-refractivity contribution in [2.24, 2.45) is 0 Å². The minimum Gasteiger partial charge on any atom is -0.497 e. The molecule has 0 saturated carbocycles. The van der Waals surface area contributed by atoms with Crippen molar-refractivity contribution in [2.45, 2.75) is 37.8 Å². The summed E-state index contributed by atoms with van der Waals surface area (Å²) in [6.45, 7) is 3.02. The van der Waals surface area contributed by atoms with Gasteiger partial charge in [0.15, 0.2) is 0 Å². The molecule has 2 aliphatic rings. The number of methoxy groups -OCH3 is 1. The summed E-state index contributed by atoms with van der Waals surface area (Å²) in [5.74, 6) is 1.05. The van der Waals surface area contributed by atoms with Crippen LogP contribution in [0, 0.1) is 0 Å². The predicted molar refractivity (Wildman–Crippen MR) is 107 cm³/mol. The van der Waals surface area contributed by atoms with Gasteiger partial charge in [0.25, 0.3) is 5.91 Å². The van der Waals surface area contributed by atoms with Gasteiger partial charge < -0.3 is 14.5 Å². The van der Waals surface area contributed by atoms with Crippen molar-refractivity contribution in [3.63, 3.8) is 0 Å². The summed E-state index contributed by atoms with van der Waals surface area (Å²) in [4.78, 5) is 29.6. The number of ether oxygens (including phenoxy) is 1. The quantitative estimate of drug-likeness (QED) is 0.823. The standard InChI is InChI=1S/C23H26N2O3/c1-16(26)24-14-6-9-21-22(24)20(17-10-12-19(28-2)13-11-17)15-25(21)23(27)18-7-4-3-5-8-18/h3-5,7-8,10-13,20-22H,6,9,14-15H2,1-2H3/t20-,21-,22-/m1/s1. The maximum absolute atomic E-state index is 13.3. The summed E-state index contributed by atoms with van der Waals surface area (Å²) in [5.41, 5.74) is 1.85. The van der Waals surface area contributed by atoms with Gasteiger partial charge >= 0.3 is 0 Å². The molecule has 0 radical (unpaired) electrons. The van der Waals surface area contributed by atoms with Crippen LogP contribution in [0.15, 0.2) is 54.6 Å². The third-order valence-electron chi connectivity index (χ3n) is 6.09.